The van der Waals surface area contributed by atoms with E-state index in [0.717, 1.165) is 79.5 Å². The Bertz CT molecular complexity index is 1460. The van der Waals surface area contributed by atoms with Crippen LogP contribution in [0, 0.1) is 11.8 Å². The lowest BCUT2D eigenvalue weighted by molar-refractivity contribution is -0.134. The number of aromatic nitrogens is 5. The molecule has 3 aromatic heterocycles. The van der Waals surface area contributed by atoms with E-state index in [4.69, 9.17) is 4.98 Å². The van der Waals surface area contributed by atoms with Crippen molar-refractivity contribution in [2.24, 2.45) is 11.8 Å². The molecule has 1 aliphatic heterocycles. The van der Waals surface area contributed by atoms with E-state index in [2.05, 4.69) is 67.4 Å². The fraction of sp³-hybridized carbons (Fsp3) is 0.448. The molecule has 3 aliphatic rings. The Labute approximate surface area is 222 Å². The molecular formula is C29H34N8O. The number of piperazine rings is 1. The minimum Gasteiger partial charge on any atom is -0.340 e. The number of hydrogen-bond acceptors (Lipinski definition) is 6. The number of carbonyl (C=O) groups is 1. The molecule has 9 heteroatoms. The lowest BCUT2D eigenvalue weighted by atomic mass is 10.1. The summed E-state index contributed by atoms with van der Waals surface area (Å²) in [6.45, 7) is 6.68. The number of H-pyrrole nitrogens is 1. The van der Waals surface area contributed by atoms with E-state index in [1.54, 1.807) is 0 Å². The summed E-state index contributed by atoms with van der Waals surface area (Å²) in [6, 6.07) is 10.7. The zero-order valence-electron chi connectivity index (χ0n) is 21.8. The fourth-order valence-corrected chi connectivity index (χ4v) is 5.45. The number of rotatable bonds is 8. The number of aromatic amines is 1. The Balaban J connectivity index is 1.02. The summed E-state index contributed by atoms with van der Waals surface area (Å²) in [7, 11) is 0. The molecule has 38 heavy (non-hydrogen) atoms. The predicted molar refractivity (Wildman–Crippen MR) is 147 cm³/mol. The van der Waals surface area contributed by atoms with Crippen LogP contribution in [0.3, 0.4) is 0 Å². The third kappa shape index (κ3) is 4.90. The van der Waals surface area contributed by atoms with Crippen LogP contribution >= 0.6 is 0 Å². The molecule has 2 aliphatic carbocycles. The van der Waals surface area contributed by atoms with E-state index >= 15 is 0 Å². The van der Waals surface area contributed by atoms with Gasteiger partial charge in [-0.3, -0.25) is 14.4 Å². The van der Waals surface area contributed by atoms with Crippen molar-refractivity contribution in [2.45, 2.75) is 45.2 Å². The van der Waals surface area contributed by atoms with Crippen LogP contribution in [0.25, 0.3) is 22.2 Å². The summed E-state index contributed by atoms with van der Waals surface area (Å²) in [6.07, 6.45) is 10.7. The normalized spacial score (nSPS) is 19.1. The molecule has 196 valence electrons. The summed E-state index contributed by atoms with van der Waals surface area (Å²) in [4.78, 5) is 29.6. The molecule has 3 fully saturated rings. The van der Waals surface area contributed by atoms with Crippen LogP contribution in [0.15, 0.2) is 48.9 Å². The highest BCUT2D eigenvalue weighted by molar-refractivity contribution is 5.84. The third-order valence-electron chi connectivity index (χ3n) is 8.20. The van der Waals surface area contributed by atoms with Crippen LogP contribution in [0.1, 0.15) is 44.2 Å². The lowest BCUT2D eigenvalue weighted by Gasteiger charge is -2.38. The molecule has 0 spiro atoms. The molecule has 2 N–H and O–H groups in total. The highest BCUT2D eigenvalue weighted by Gasteiger charge is 2.35. The van der Waals surface area contributed by atoms with Gasteiger partial charge < -0.3 is 15.2 Å². The second-order valence-electron chi connectivity index (χ2n) is 11.1. The molecular weight excluding hydrogens is 476 g/mol. The van der Waals surface area contributed by atoms with E-state index in [0.29, 0.717) is 17.8 Å². The van der Waals surface area contributed by atoms with Gasteiger partial charge in [0.15, 0.2) is 0 Å². The molecule has 1 atom stereocenters. The third-order valence-corrected chi connectivity index (χ3v) is 8.20. The van der Waals surface area contributed by atoms with Crippen molar-refractivity contribution in [1.82, 2.24) is 34.5 Å². The van der Waals surface area contributed by atoms with Gasteiger partial charge in [0.2, 0.25) is 11.9 Å². The van der Waals surface area contributed by atoms with Gasteiger partial charge in [-0.1, -0.05) is 6.07 Å². The maximum atomic E-state index is 12.4. The Morgan fingerprint density at radius 3 is 2.71 bits per heavy atom. The second-order valence-corrected chi connectivity index (χ2v) is 11.1. The number of pyridine rings is 1. The quantitative estimate of drug-likeness (QED) is 0.360. The first kappa shape index (κ1) is 23.4. The summed E-state index contributed by atoms with van der Waals surface area (Å²) in [5.41, 5.74) is 5.33. The molecule has 4 heterocycles. The molecule has 7 rings (SSSR count). The molecule has 1 unspecified atom stereocenters. The summed E-state index contributed by atoms with van der Waals surface area (Å²) >= 11 is 0. The highest BCUT2D eigenvalue weighted by Crippen LogP contribution is 2.33. The molecule has 1 saturated heterocycles. The van der Waals surface area contributed by atoms with Gasteiger partial charge >= 0.3 is 0 Å². The number of carbonyl (C=O) groups excluding carboxylic acids is 1. The molecule has 0 radical (unpaired) electrons. The number of imidazole rings is 1. The van der Waals surface area contributed by atoms with Crippen LogP contribution in [0.4, 0.5) is 11.8 Å². The van der Waals surface area contributed by atoms with E-state index < -0.39 is 0 Å². The van der Waals surface area contributed by atoms with Gasteiger partial charge in [0.05, 0.1) is 17.2 Å². The number of fused-ring (bicyclic) bond motifs is 1. The van der Waals surface area contributed by atoms with Gasteiger partial charge in [-0.2, -0.15) is 5.10 Å². The van der Waals surface area contributed by atoms with Gasteiger partial charge in [0.25, 0.3) is 0 Å². The van der Waals surface area contributed by atoms with Gasteiger partial charge in [-0.25, -0.2) is 9.97 Å². The molecule has 2 saturated carbocycles. The number of hydrogen-bond donors (Lipinski definition) is 2. The van der Waals surface area contributed by atoms with Crippen molar-refractivity contribution in [3.8, 4) is 11.1 Å². The minimum atomic E-state index is 0.246. The topological polar surface area (TPSA) is 95.0 Å². The van der Waals surface area contributed by atoms with Crippen molar-refractivity contribution < 1.29 is 4.79 Å². The van der Waals surface area contributed by atoms with Gasteiger partial charge in [0, 0.05) is 62.6 Å². The second kappa shape index (κ2) is 9.54. The molecule has 1 aromatic carbocycles. The largest absolute Gasteiger partial charge is 0.340 e. The predicted octanol–water partition coefficient (Wildman–Crippen LogP) is 4.59. The Morgan fingerprint density at radius 2 is 1.92 bits per heavy atom. The van der Waals surface area contributed by atoms with Crippen molar-refractivity contribution >= 4 is 28.7 Å². The zero-order chi connectivity index (χ0) is 25.6. The van der Waals surface area contributed by atoms with E-state index in [9.17, 15) is 4.79 Å². The lowest BCUT2D eigenvalue weighted by Crippen LogP contribution is -2.49. The van der Waals surface area contributed by atoms with Crippen LogP contribution in [0.5, 0.6) is 0 Å². The number of nitrogens with zero attached hydrogens (tertiary/aromatic N) is 6. The van der Waals surface area contributed by atoms with Gasteiger partial charge in [0.1, 0.15) is 5.82 Å². The first-order valence-corrected chi connectivity index (χ1v) is 13.9. The maximum Gasteiger partial charge on any atom is 0.225 e. The van der Waals surface area contributed by atoms with Crippen molar-refractivity contribution in [1.29, 1.82) is 0 Å². The molecule has 4 aromatic rings. The molecule has 0 bridgehead atoms. The van der Waals surface area contributed by atoms with E-state index in [1.807, 2.05) is 23.4 Å². The smallest absolute Gasteiger partial charge is 0.225 e. The van der Waals surface area contributed by atoms with Crippen molar-refractivity contribution in [2.75, 3.05) is 31.5 Å². The maximum absolute atomic E-state index is 12.4. The van der Waals surface area contributed by atoms with E-state index in [-0.39, 0.29) is 6.04 Å². The number of anilines is 2. The van der Waals surface area contributed by atoms with Crippen molar-refractivity contribution in [3.05, 3.63) is 54.5 Å². The first-order chi connectivity index (χ1) is 18.6. The highest BCUT2D eigenvalue weighted by atomic mass is 16.2. The Hall–Kier alpha value is -3.72. The Morgan fingerprint density at radius 1 is 1.08 bits per heavy atom. The monoisotopic (exact) mass is 510 g/mol. The van der Waals surface area contributed by atoms with E-state index in [1.165, 1.54) is 18.4 Å². The molecule has 1 amide bonds. The SMILES string of the molecule is CC(c1ccnc(Nc2nc3ccc(-c4cnn(CC5CC5)c4)cc3[nH]2)c1)N1CCN(C(=O)C2CC2)CC1. The van der Waals surface area contributed by atoms with Crippen LogP contribution in [0.2, 0.25) is 0 Å². The fourth-order valence-electron chi connectivity index (χ4n) is 5.45. The summed E-state index contributed by atoms with van der Waals surface area (Å²) in [5.74, 6) is 2.89. The summed E-state index contributed by atoms with van der Waals surface area (Å²) in [5, 5.41) is 7.90. The number of nitrogens with one attached hydrogen (secondary N) is 2. The van der Waals surface area contributed by atoms with Gasteiger partial charge in [-0.05, 0) is 73.9 Å². The number of benzene rings is 1. The van der Waals surface area contributed by atoms with Crippen LogP contribution < -0.4 is 5.32 Å². The number of amides is 1. The van der Waals surface area contributed by atoms with Crippen LogP contribution in [-0.2, 0) is 11.3 Å². The van der Waals surface area contributed by atoms with Gasteiger partial charge in [-0.15, -0.1) is 0 Å². The van der Waals surface area contributed by atoms with Crippen molar-refractivity contribution in [3.63, 3.8) is 0 Å². The molecule has 9 nitrogen and oxygen atoms in total. The Kier molecular flexibility index (Phi) is 5.88. The summed E-state index contributed by atoms with van der Waals surface area (Å²) < 4.78 is 2.06. The van der Waals surface area contributed by atoms with Crippen LogP contribution in [-0.4, -0.2) is 66.6 Å². The zero-order valence-corrected chi connectivity index (χ0v) is 21.8. The first-order valence-electron chi connectivity index (χ1n) is 13.9. The standard InChI is InChI=1S/C29H34N8O/c1-19(35-10-12-36(13-11-35)28(38)21-4-5-21)22-8-9-30-27(15-22)34-29-32-25-7-6-23(14-26(25)33-29)24-16-31-37(18-24)17-20-2-3-20/h6-9,14-16,18-21H,2-5,10-13,17H2,1H3,(H2,30,32,33,34). The minimum absolute atomic E-state index is 0.246. The average Bonchev–Trinajstić information content (AvgIpc) is 3.86. The average molecular weight is 511 g/mol.